The number of allylic oxidation sites excluding steroid dienone is 8. The molecule has 0 aromatic carbocycles. The molecule has 0 radical (unpaired) electrons. The fourth-order valence-corrected chi connectivity index (χ4v) is 10.7. The molecule has 0 N–H and O–H groups in total. The fourth-order valence-electron chi connectivity index (χ4n) is 2.48. The molecule has 21 heavy (non-hydrogen) atoms. The van der Waals surface area contributed by atoms with E-state index in [1.165, 1.54) is 12.8 Å². The molecule has 0 nitrogen and oxygen atoms in total. The monoisotopic (exact) mass is 524 g/mol. The minimum absolute atomic E-state index is 0. The van der Waals surface area contributed by atoms with E-state index in [0.717, 1.165) is 0 Å². The van der Waals surface area contributed by atoms with E-state index in [9.17, 15) is 0 Å². The molecule has 0 unspecified atom stereocenters. The van der Waals surface area contributed by atoms with Crippen LogP contribution in [-0.2, 0) is 22.9 Å². The number of rotatable bonds is 4. The summed E-state index contributed by atoms with van der Waals surface area (Å²) < 4.78 is 3.66. The predicted molar refractivity (Wildman–Crippen MR) is 88.3 cm³/mol. The summed E-state index contributed by atoms with van der Waals surface area (Å²) in [5.74, 6) is 0. The molecule has 0 aromatic heterocycles. The van der Waals surface area contributed by atoms with Crippen LogP contribution in [0.3, 0.4) is 0 Å². The van der Waals surface area contributed by atoms with E-state index < -0.39 is 39.1 Å². The molecule has 0 saturated heterocycles. The topological polar surface area (TPSA) is 0 Å². The second kappa shape index (κ2) is 8.09. The summed E-state index contributed by atoms with van der Waals surface area (Å²) in [6.07, 6.45) is 12.8. The average Bonchev–Trinajstić information content (AvgIpc) is 2.84. The van der Waals surface area contributed by atoms with Crippen LogP contribution in [0.5, 0.6) is 0 Å². The van der Waals surface area contributed by atoms with Crippen LogP contribution >= 0.6 is 0 Å². The van der Waals surface area contributed by atoms with Crippen LogP contribution in [0.25, 0.3) is 0 Å². The zero-order valence-electron chi connectivity index (χ0n) is 14.0. The minimum atomic E-state index is -1.07. The molecule has 2 aliphatic rings. The van der Waals surface area contributed by atoms with Crippen LogP contribution < -0.4 is 24.8 Å². The van der Waals surface area contributed by atoms with Crippen LogP contribution in [0.15, 0.2) is 41.4 Å². The maximum absolute atomic E-state index is 2.59. The van der Waals surface area contributed by atoms with Gasteiger partial charge in [0, 0.05) is 0 Å². The van der Waals surface area contributed by atoms with Crippen LogP contribution in [0.1, 0.15) is 12.8 Å². The number of hydrogen-bond acceptors (Lipinski definition) is 0. The van der Waals surface area contributed by atoms with Gasteiger partial charge in [0.15, 0.2) is 0 Å². The zero-order chi connectivity index (χ0) is 14.3. The molecule has 0 aromatic rings. The maximum Gasteiger partial charge on any atom is -1.00 e. The Labute approximate surface area is 156 Å². The van der Waals surface area contributed by atoms with Crippen molar-refractivity contribution in [2.24, 2.45) is 0 Å². The van der Waals surface area contributed by atoms with Crippen molar-refractivity contribution in [2.75, 3.05) is 0 Å². The Hall–Kier alpha value is 0.844. The summed E-state index contributed by atoms with van der Waals surface area (Å²) in [6.45, 7) is 14.8. The van der Waals surface area contributed by atoms with Gasteiger partial charge in [-0.15, -0.1) is 0 Å². The molecular weight excluding hydrogens is 498 g/mol. The third-order valence-corrected chi connectivity index (χ3v) is 12.8. The normalized spacial score (nSPS) is 17.8. The standard InChI is InChI=1S/2C8H13Si.2ClH.Hf/c2*1-9(2,3)8-6-4-5-7-8;;;/h2*6-7H,4H2,1-3H3;2*1H;/q;;;;+2/p-2. The van der Waals surface area contributed by atoms with Gasteiger partial charge in [0.2, 0.25) is 0 Å². The van der Waals surface area contributed by atoms with E-state index in [-0.39, 0.29) is 24.8 Å². The summed E-state index contributed by atoms with van der Waals surface area (Å²) in [4.78, 5) is 0. The van der Waals surface area contributed by atoms with Gasteiger partial charge in [-0.2, -0.15) is 0 Å². The molecule has 0 spiro atoms. The first-order chi connectivity index (χ1) is 8.66. The third kappa shape index (κ3) is 6.10. The molecule has 5 heteroatoms. The van der Waals surface area contributed by atoms with E-state index in [4.69, 9.17) is 0 Å². The molecule has 2 rings (SSSR count). The Balaban J connectivity index is 0.00000200. The Bertz CT molecular complexity index is 457. The molecule has 0 saturated carbocycles. The predicted octanol–water partition coefficient (Wildman–Crippen LogP) is -0.740. The maximum atomic E-state index is 2.59. The van der Waals surface area contributed by atoms with E-state index in [0.29, 0.717) is 0 Å². The van der Waals surface area contributed by atoms with Gasteiger partial charge in [0.25, 0.3) is 0 Å². The Kier molecular flexibility index (Phi) is 8.42. The summed E-state index contributed by atoms with van der Waals surface area (Å²) in [7, 11) is -2.15. The molecule has 2 aliphatic carbocycles. The summed E-state index contributed by atoms with van der Waals surface area (Å²) >= 11 is -0.695. The van der Waals surface area contributed by atoms with Crippen molar-refractivity contribution in [1.29, 1.82) is 0 Å². The Morgan fingerprint density at radius 3 is 1.29 bits per heavy atom. The van der Waals surface area contributed by atoms with Crippen molar-refractivity contribution in [3.8, 4) is 0 Å². The van der Waals surface area contributed by atoms with Crippen LogP contribution in [0.4, 0.5) is 0 Å². The van der Waals surface area contributed by atoms with Crippen molar-refractivity contribution in [3.63, 3.8) is 0 Å². The van der Waals surface area contributed by atoms with Crippen molar-refractivity contribution in [2.45, 2.75) is 52.1 Å². The molecule has 0 heterocycles. The molecule has 0 atom stereocenters. The van der Waals surface area contributed by atoms with E-state index in [1.807, 2.05) is 6.66 Å². The molecule has 116 valence electrons. The first kappa shape index (κ1) is 21.8. The second-order valence-electron chi connectivity index (χ2n) is 7.69. The van der Waals surface area contributed by atoms with Gasteiger partial charge in [-0.1, -0.05) is 0 Å². The quantitative estimate of drug-likeness (QED) is 0.426. The van der Waals surface area contributed by atoms with Gasteiger partial charge in [-0.05, 0) is 0 Å². The van der Waals surface area contributed by atoms with Crippen LogP contribution in [0, 0.1) is 0 Å². The van der Waals surface area contributed by atoms with Gasteiger partial charge >= 0.3 is 133 Å². The van der Waals surface area contributed by atoms with Gasteiger partial charge in [0.05, 0.1) is 0 Å². The first-order valence-corrected chi connectivity index (χ1v) is 17.8. The van der Waals surface area contributed by atoms with Crippen molar-refractivity contribution in [3.05, 3.63) is 41.4 Å². The molecular formula is C16H26Cl2HfSi2. The van der Waals surface area contributed by atoms with Crippen LogP contribution in [0.2, 0.25) is 39.3 Å². The van der Waals surface area contributed by atoms with Crippen LogP contribution in [-0.4, -0.2) is 16.1 Å². The smallest absolute Gasteiger partial charge is 1.00 e. The van der Waals surface area contributed by atoms with Crippen molar-refractivity contribution >= 4 is 16.1 Å². The third-order valence-electron chi connectivity index (χ3n) is 3.80. The van der Waals surface area contributed by atoms with Gasteiger partial charge < -0.3 is 24.8 Å². The van der Waals surface area contributed by atoms with Crippen molar-refractivity contribution in [1.82, 2.24) is 0 Å². The number of halogens is 2. The first-order valence-electron chi connectivity index (χ1n) is 7.26. The zero-order valence-corrected chi connectivity index (χ0v) is 21.1. The van der Waals surface area contributed by atoms with Gasteiger partial charge in [-0.3, -0.25) is 0 Å². The SMILES string of the molecule is C[Si](C)(C)C1=CC[C]([Hf+2][C]2=CC([Si](C)(C)C)=CC2)=C1.[Cl-].[Cl-]. The van der Waals surface area contributed by atoms with E-state index >= 15 is 0 Å². The molecule has 0 fully saturated rings. The second-order valence-corrected chi connectivity index (χ2v) is 23.4. The summed E-state index contributed by atoms with van der Waals surface area (Å²) in [5, 5.41) is 3.40. The van der Waals surface area contributed by atoms with Gasteiger partial charge in [-0.25, -0.2) is 0 Å². The van der Waals surface area contributed by atoms with E-state index in [2.05, 4.69) is 63.6 Å². The molecule has 0 aliphatic heterocycles. The fraction of sp³-hybridized carbons (Fsp3) is 0.500. The minimum Gasteiger partial charge on any atom is -1.00 e. The number of hydrogen-bond donors (Lipinski definition) is 0. The molecule has 0 bridgehead atoms. The Morgan fingerprint density at radius 1 is 0.714 bits per heavy atom. The largest absolute Gasteiger partial charge is 1.00 e. The van der Waals surface area contributed by atoms with Crippen molar-refractivity contribution < 1.29 is 47.7 Å². The Morgan fingerprint density at radius 2 is 1.05 bits per heavy atom. The molecule has 0 amide bonds. The summed E-state index contributed by atoms with van der Waals surface area (Å²) in [6, 6.07) is 0. The summed E-state index contributed by atoms with van der Waals surface area (Å²) in [5.41, 5.74) is 0. The van der Waals surface area contributed by atoms with E-state index in [1.54, 1.807) is 10.4 Å². The van der Waals surface area contributed by atoms with Gasteiger partial charge in [0.1, 0.15) is 0 Å². The average molecular weight is 524 g/mol.